The molecule has 0 saturated heterocycles. The van der Waals surface area contributed by atoms with Crippen molar-refractivity contribution in [3.8, 4) is 5.75 Å². The maximum absolute atomic E-state index is 12.6. The summed E-state index contributed by atoms with van der Waals surface area (Å²) in [6, 6.07) is 9.43. The van der Waals surface area contributed by atoms with E-state index in [1.54, 1.807) is 0 Å². The van der Waals surface area contributed by atoms with Gasteiger partial charge >= 0.3 is 0 Å². The van der Waals surface area contributed by atoms with Crippen LogP contribution in [0.25, 0.3) is 0 Å². The van der Waals surface area contributed by atoms with E-state index in [4.69, 9.17) is 4.74 Å². The molecule has 0 unspecified atom stereocenters. The summed E-state index contributed by atoms with van der Waals surface area (Å²) in [4.78, 5) is 14.7. The van der Waals surface area contributed by atoms with Crippen LogP contribution >= 0.6 is 0 Å². The summed E-state index contributed by atoms with van der Waals surface area (Å²) < 4.78 is 5.60. The number of rotatable bonds is 5. The predicted octanol–water partition coefficient (Wildman–Crippen LogP) is 4.29. The summed E-state index contributed by atoms with van der Waals surface area (Å²) in [5.41, 5.74) is 0.522. The second kappa shape index (κ2) is 6.99. The van der Waals surface area contributed by atoms with Gasteiger partial charge in [-0.3, -0.25) is 4.79 Å². The average molecular weight is 303 g/mol. The normalized spacial score (nSPS) is 13.0. The highest BCUT2D eigenvalue weighted by atomic mass is 16.5. The Bertz CT molecular complexity index is 519. The molecule has 0 aliphatic heterocycles. The molecule has 0 aromatic heterocycles. The van der Waals surface area contributed by atoms with Gasteiger partial charge in [-0.1, -0.05) is 39.0 Å². The van der Waals surface area contributed by atoms with Crippen LogP contribution in [0.2, 0.25) is 0 Å². The summed E-state index contributed by atoms with van der Waals surface area (Å²) >= 11 is 0. The van der Waals surface area contributed by atoms with E-state index < -0.39 is 0 Å². The molecular formula is C19H29NO2. The molecule has 0 amide bonds. The van der Waals surface area contributed by atoms with Crippen molar-refractivity contribution in [1.29, 1.82) is 0 Å². The molecule has 0 N–H and O–H groups in total. The Balaban J connectivity index is 2.89. The minimum absolute atomic E-state index is 0.0208. The van der Waals surface area contributed by atoms with Gasteiger partial charge in [0.15, 0.2) is 12.4 Å². The second-order valence-electron chi connectivity index (χ2n) is 7.60. The van der Waals surface area contributed by atoms with Gasteiger partial charge in [0.25, 0.3) is 0 Å². The third-order valence-electron chi connectivity index (χ3n) is 3.60. The molecular weight excluding hydrogens is 274 g/mol. The van der Waals surface area contributed by atoms with E-state index in [9.17, 15) is 4.79 Å². The van der Waals surface area contributed by atoms with Crippen LogP contribution in [0, 0.1) is 5.41 Å². The van der Waals surface area contributed by atoms with Gasteiger partial charge in [0.2, 0.25) is 0 Å². The molecule has 3 heteroatoms. The summed E-state index contributed by atoms with van der Waals surface area (Å²) in [7, 11) is 2.00. The Kier molecular flexibility index (Phi) is 5.81. The first kappa shape index (κ1) is 18.3. The van der Waals surface area contributed by atoms with E-state index in [2.05, 4.69) is 46.4 Å². The Morgan fingerprint density at radius 2 is 1.64 bits per heavy atom. The molecule has 3 nitrogen and oxygen atoms in total. The van der Waals surface area contributed by atoms with Crippen molar-refractivity contribution in [3.63, 3.8) is 0 Å². The molecule has 0 aliphatic carbocycles. The lowest BCUT2D eigenvalue weighted by Crippen LogP contribution is -2.36. The standard InChI is InChI=1S/C19H29NO2/c1-18(2,3)16(13-20(7)19(4,5)6)17(21)14-22-15-11-9-8-10-12-15/h8-13H,14H2,1-7H3/b16-13-. The van der Waals surface area contributed by atoms with E-state index in [0.29, 0.717) is 5.75 Å². The smallest absolute Gasteiger partial charge is 0.198 e. The molecule has 0 spiro atoms. The number of hydrogen-bond acceptors (Lipinski definition) is 3. The number of hydrogen-bond donors (Lipinski definition) is 0. The van der Waals surface area contributed by atoms with Gasteiger partial charge in [-0.25, -0.2) is 0 Å². The van der Waals surface area contributed by atoms with Crippen LogP contribution in [-0.2, 0) is 4.79 Å². The van der Waals surface area contributed by atoms with E-state index in [1.807, 2.05) is 43.6 Å². The first-order valence-corrected chi connectivity index (χ1v) is 7.68. The summed E-state index contributed by atoms with van der Waals surface area (Å²) in [5, 5.41) is 0. The molecule has 1 rings (SSSR count). The Hall–Kier alpha value is -1.77. The van der Waals surface area contributed by atoms with Crippen LogP contribution in [-0.4, -0.2) is 29.9 Å². The van der Waals surface area contributed by atoms with Crippen molar-refractivity contribution in [3.05, 3.63) is 42.1 Å². The summed E-state index contributed by atoms with van der Waals surface area (Å²) in [6.45, 7) is 12.6. The van der Waals surface area contributed by atoms with Crippen LogP contribution in [0.5, 0.6) is 5.75 Å². The van der Waals surface area contributed by atoms with E-state index in [-0.39, 0.29) is 23.3 Å². The van der Waals surface area contributed by atoms with Crippen molar-refractivity contribution in [2.75, 3.05) is 13.7 Å². The molecule has 0 bridgehead atoms. The molecule has 1 aromatic carbocycles. The molecule has 0 heterocycles. The molecule has 0 radical (unpaired) electrons. The lowest BCUT2D eigenvalue weighted by atomic mass is 9.84. The van der Waals surface area contributed by atoms with Gasteiger partial charge in [-0.2, -0.15) is 0 Å². The van der Waals surface area contributed by atoms with Crippen LogP contribution in [0.4, 0.5) is 0 Å². The van der Waals surface area contributed by atoms with Crippen molar-refractivity contribution >= 4 is 5.78 Å². The molecule has 1 aromatic rings. The minimum Gasteiger partial charge on any atom is -0.485 e. The molecule has 0 atom stereocenters. The fourth-order valence-corrected chi connectivity index (χ4v) is 1.81. The number of ketones is 1. The highest BCUT2D eigenvalue weighted by molar-refractivity contribution is 5.97. The van der Waals surface area contributed by atoms with Crippen molar-refractivity contribution in [2.45, 2.75) is 47.1 Å². The molecule has 0 fully saturated rings. The van der Waals surface area contributed by atoms with E-state index in [0.717, 1.165) is 5.57 Å². The number of carbonyl (C=O) groups is 1. The number of nitrogens with zero attached hydrogens (tertiary/aromatic N) is 1. The van der Waals surface area contributed by atoms with Crippen molar-refractivity contribution in [2.24, 2.45) is 5.41 Å². The second-order valence-corrected chi connectivity index (χ2v) is 7.60. The van der Waals surface area contributed by atoms with Crippen LogP contribution in [0.15, 0.2) is 42.1 Å². The Labute approximate surface area is 135 Å². The first-order valence-electron chi connectivity index (χ1n) is 7.68. The summed E-state index contributed by atoms with van der Waals surface area (Å²) in [5.74, 6) is 0.737. The topological polar surface area (TPSA) is 29.5 Å². The quantitative estimate of drug-likeness (QED) is 0.760. The maximum Gasteiger partial charge on any atom is 0.198 e. The van der Waals surface area contributed by atoms with Gasteiger partial charge in [-0.15, -0.1) is 0 Å². The van der Waals surface area contributed by atoms with Crippen molar-refractivity contribution < 1.29 is 9.53 Å². The van der Waals surface area contributed by atoms with Crippen LogP contribution in [0.3, 0.4) is 0 Å². The minimum atomic E-state index is -0.226. The monoisotopic (exact) mass is 303 g/mol. The van der Waals surface area contributed by atoms with Gasteiger partial charge in [0.05, 0.1) is 0 Å². The molecule has 0 saturated carbocycles. The fourth-order valence-electron chi connectivity index (χ4n) is 1.81. The number of ether oxygens (including phenoxy) is 1. The lowest BCUT2D eigenvalue weighted by molar-refractivity contribution is -0.118. The van der Waals surface area contributed by atoms with Gasteiger partial charge in [0.1, 0.15) is 5.75 Å². The van der Waals surface area contributed by atoms with Crippen LogP contribution < -0.4 is 4.74 Å². The van der Waals surface area contributed by atoms with Gasteiger partial charge in [-0.05, 0) is 38.3 Å². The number of para-hydroxylation sites is 1. The van der Waals surface area contributed by atoms with Gasteiger partial charge < -0.3 is 9.64 Å². The largest absolute Gasteiger partial charge is 0.485 e. The number of benzene rings is 1. The number of carbonyl (C=O) groups excluding carboxylic acids is 1. The molecule has 22 heavy (non-hydrogen) atoms. The highest BCUT2D eigenvalue weighted by Crippen LogP contribution is 2.28. The SMILES string of the molecule is CN(/C=C(/C(=O)COc1ccccc1)C(C)(C)C)C(C)(C)C. The maximum atomic E-state index is 12.6. The number of Topliss-reactive ketones (excluding diaryl/α,β-unsaturated/α-hetero) is 1. The van der Waals surface area contributed by atoms with Gasteiger partial charge in [0, 0.05) is 24.4 Å². The third-order valence-corrected chi connectivity index (χ3v) is 3.60. The Morgan fingerprint density at radius 1 is 1.09 bits per heavy atom. The van der Waals surface area contributed by atoms with Crippen LogP contribution in [0.1, 0.15) is 41.5 Å². The van der Waals surface area contributed by atoms with E-state index in [1.165, 1.54) is 0 Å². The fraction of sp³-hybridized carbons (Fsp3) is 0.526. The first-order chi connectivity index (χ1) is 10.0. The zero-order valence-electron chi connectivity index (χ0n) is 14.9. The Morgan fingerprint density at radius 3 is 2.09 bits per heavy atom. The zero-order valence-corrected chi connectivity index (χ0v) is 14.9. The van der Waals surface area contributed by atoms with E-state index >= 15 is 0 Å². The predicted molar refractivity (Wildman–Crippen MR) is 92.0 cm³/mol. The average Bonchev–Trinajstić information content (AvgIpc) is 2.40. The molecule has 122 valence electrons. The lowest BCUT2D eigenvalue weighted by Gasteiger charge is -2.33. The molecule has 0 aliphatic rings. The highest BCUT2D eigenvalue weighted by Gasteiger charge is 2.26. The third kappa shape index (κ3) is 5.55. The zero-order chi connectivity index (χ0) is 17.0. The summed E-state index contributed by atoms with van der Waals surface area (Å²) in [6.07, 6.45) is 1.96. The van der Waals surface area contributed by atoms with Crippen molar-refractivity contribution in [1.82, 2.24) is 4.90 Å².